The minimum Gasteiger partial charge on any atom is -0.369 e. The van der Waals surface area contributed by atoms with Crippen molar-refractivity contribution in [2.24, 2.45) is 5.73 Å². The smallest absolute Gasteiger partial charge is 0.369 e. The Labute approximate surface area is 123 Å². The van der Waals surface area contributed by atoms with Crippen LogP contribution in [0.5, 0.6) is 0 Å². The van der Waals surface area contributed by atoms with Crippen LogP contribution in [-0.2, 0) is 6.18 Å². The van der Waals surface area contributed by atoms with E-state index in [9.17, 15) is 13.2 Å². The van der Waals surface area contributed by atoms with Crippen molar-refractivity contribution >= 4 is 5.69 Å². The number of halogens is 3. The number of unbranched alkanes of at least 4 members (excludes halogenated alkanes) is 1. The second-order valence-corrected chi connectivity index (χ2v) is 5.37. The molecule has 0 radical (unpaired) electrons. The number of piperazine rings is 1. The second-order valence-electron chi connectivity index (χ2n) is 5.37. The molecule has 1 aromatic carbocycles. The van der Waals surface area contributed by atoms with E-state index in [1.165, 1.54) is 0 Å². The number of nitrogens with zero attached hydrogens (tertiary/aromatic N) is 2. The first-order valence-corrected chi connectivity index (χ1v) is 7.35. The Balaban J connectivity index is 1.85. The third-order valence-corrected chi connectivity index (χ3v) is 3.86. The number of alkyl halides is 3. The minimum absolute atomic E-state index is 0.591. The molecule has 1 fully saturated rings. The zero-order chi connectivity index (χ0) is 15.3. The summed E-state index contributed by atoms with van der Waals surface area (Å²) in [5.74, 6) is 0. The third kappa shape index (κ3) is 4.61. The normalized spacial score (nSPS) is 17.2. The van der Waals surface area contributed by atoms with Gasteiger partial charge in [0.2, 0.25) is 0 Å². The van der Waals surface area contributed by atoms with E-state index >= 15 is 0 Å². The molecule has 118 valence electrons. The van der Waals surface area contributed by atoms with E-state index in [1.807, 2.05) is 0 Å². The van der Waals surface area contributed by atoms with Gasteiger partial charge in [-0.2, -0.15) is 13.2 Å². The molecule has 1 aliphatic rings. The Hall–Kier alpha value is -1.27. The SMILES string of the molecule is NCCCCN1CCN(c2ccc(C(F)(F)F)cc2)CC1. The highest BCUT2D eigenvalue weighted by atomic mass is 19.4. The molecule has 1 heterocycles. The summed E-state index contributed by atoms with van der Waals surface area (Å²) in [4.78, 5) is 4.52. The zero-order valence-corrected chi connectivity index (χ0v) is 12.1. The van der Waals surface area contributed by atoms with E-state index in [4.69, 9.17) is 5.73 Å². The molecule has 1 saturated heterocycles. The van der Waals surface area contributed by atoms with E-state index in [0.29, 0.717) is 0 Å². The molecule has 1 aliphatic heterocycles. The second kappa shape index (κ2) is 7.13. The van der Waals surface area contributed by atoms with Crippen molar-refractivity contribution in [1.82, 2.24) is 4.90 Å². The first-order valence-electron chi connectivity index (χ1n) is 7.35. The topological polar surface area (TPSA) is 32.5 Å². The van der Waals surface area contributed by atoms with Gasteiger partial charge in [0.1, 0.15) is 0 Å². The van der Waals surface area contributed by atoms with Gasteiger partial charge in [0.15, 0.2) is 0 Å². The Kier molecular flexibility index (Phi) is 5.47. The van der Waals surface area contributed by atoms with E-state index in [0.717, 1.165) is 69.9 Å². The van der Waals surface area contributed by atoms with Crippen LogP contribution in [0.3, 0.4) is 0 Å². The zero-order valence-electron chi connectivity index (χ0n) is 12.1. The van der Waals surface area contributed by atoms with Crippen molar-refractivity contribution in [2.45, 2.75) is 19.0 Å². The largest absolute Gasteiger partial charge is 0.416 e. The van der Waals surface area contributed by atoms with Crippen LogP contribution < -0.4 is 10.6 Å². The number of hydrogen-bond donors (Lipinski definition) is 1. The first-order chi connectivity index (χ1) is 10.0. The summed E-state index contributed by atoms with van der Waals surface area (Å²) >= 11 is 0. The third-order valence-electron chi connectivity index (χ3n) is 3.86. The molecule has 2 rings (SSSR count). The highest BCUT2D eigenvalue weighted by molar-refractivity contribution is 5.48. The highest BCUT2D eigenvalue weighted by Gasteiger charge is 2.30. The summed E-state index contributed by atoms with van der Waals surface area (Å²) in [5, 5.41) is 0. The fourth-order valence-electron chi connectivity index (χ4n) is 2.57. The fraction of sp³-hybridized carbons (Fsp3) is 0.600. The maximum Gasteiger partial charge on any atom is 0.416 e. The van der Waals surface area contributed by atoms with Gasteiger partial charge >= 0.3 is 6.18 Å². The highest BCUT2D eigenvalue weighted by Crippen LogP contribution is 2.30. The monoisotopic (exact) mass is 301 g/mol. The molecule has 0 spiro atoms. The molecule has 0 bridgehead atoms. The molecular formula is C15H22F3N3. The molecule has 2 N–H and O–H groups in total. The molecule has 0 unspecified atom stereocenters. The van der Waals surface area contributed by atoms with Gasteiger partial charge in [-0.05, 0) is 50.2 Å². The number of nitrogens with two attached hydrogens (primary N) is 1. The Bertz CT molecular complexity index is 423. The summed E-state index contributed by atoms with van der Waals surface area (Å²) in [6.45, 7) is 5.39. The Morgan fingerprint density at radius 3 is 2.10 bits per heavy atom. The lowest BCUT2D eigenvalue weighted by Gasteiger charge is -2.36. The average molecular weight is 301 g/mol. The Morgan fingerprint density at radius 2 is 1.57 bits per heavy atom. The lowest BCUT2D eigenvalue weighted by Crippen LogP contribution is -2.46. The van der Waals surface area contributed by atoms with E-state index < -0.39 is 11.7 Å². The van der Waals surface area contributed by atoms with Crippen LogP contribution in [0.15, 0.2) is 24.3 Å². The van der Waals surface area contributed by atoms with Gasteiger partial charge < -0.3 is 10.6 Å². The summed E-state index contributed by atoms with van der Waals surface area (Å²) in [5.41, 5.74) is 5.75. The molecule has 1 aromatic rings. The summed E-state index contributed by atoms with van der Waals surface area (Å²) < 4.78 is 37.6. The van der Waals surface area contributed by atoms with Crippen LogP contribution in [0.25, 0.3) is 0 Å². The quantitative estimate of drug-likeness (QED) is 0.849. The van der Waals surface area contributed by atoms with Gasteiger partial charge in [-0.1, -0.05) is 0 Å². The van der Waals surface area contributed by atoms with Crippen molar-refractivity contribution in [2.75, 3.05) is 44.2 Å². The number of anilines is 1. The van der Waals surface area contributed by atoms with Crippen LogP contribution in [0.1, 0.15) is 18.4 Å². The summed E-state index contributed by atoms with van der Waals surface area (Å²) in [6.07, 6.45) is -2.11. The van der Waals surface area contributed by atoms with Crippen molar-refractivity contribution in [3.63, 3.8) is 0 Å². The molecule has 0 amide bonds. The fourth-order valence-corrected chi connectivity index (χ4v) is 2.57. The summed E-state index contributed by atoms with van der Waals surface area (Å²) in [6, 6.07) is 5.44. The molecule has 21 heavy (non-hydrogen) atoms. The molecule has 0 atom stereocenters. The molecule has 0 aromatic heterocycles. The van der Waals surface area contributed by atoms with E-state index in [-0.39, 0.29) is 0 Å². The van der Waals surface area contributed by atoms with E-state index in [1.54, 1.807) is 12.1 Å². The van der Waals surface area contributed by atoms with Crippen LogP contribution in [-0.4, -0.2) is 44.2 Å². The lowest BCUT2D eigenvalue weighted by atomic mass is 10.1. The first kappa shape index (κ1) is 16.1. The standard InChI is InChI=1S/C15H22F3N3/c16-15(17,18)13-3-5-14(6-4-13)21-11-9-20(10-12-21)8-2-1-7-19/h3-6H,1-2,7-12,19H2. The molecule has 0 aliphatic carbocycles. The van der Waals surface area contributed by atoms with Gasteiger partial charge in [0.25, 0.3) is 0 Å². The van der Waals surface area contributed by atoms with Gasteiger partial charge in [-0.3, -0.25) is 4.90 Å². The van der Waals surface area contributed by atoms with Crippen LogP contribution in [0.4, 0.5) is 18.9 Å². The van der Waals surface area contributed by atoms with Crippen molar-refractivity contribution in [3.05, 3.63) is 29.8 Å². The van der Waals surface area contributed by atoms with Gasteiger partial charge in [-0.15, -0.1) is 0 Å². The lowest BCUT2D eigenvalue weighted by molar-refractivity contribution is -0.137. The van der Waals surface area contributed by atoms with Gasteiger partial charge in [0.05, 0.1) is 5.56 Å². The predicted octanol–water partition coefficient (Wildman–Crippen LogP) is 2.57. The number of benzene rings is 1. The van der Waals surface area contributed by atoms with Crippen LogP contribution in [0, 0.1) is 0 Å². The summed E-state index contributed by atoms with van der Waals surface area (Å²) in [7, 11) is 0. The molecular weight excluding hydrogens is 279 g/mol. The molecule has 3 nitrogen and oxygen atoms in total. The van der Waals surface area contributed by atoms with Crippen LogP contribution in [0.2, 0.25) is 0 Å². The molecule has 0 saturated carbocycles. The number of hydrogen-bond acceptors (Lipinski definition) is 3. The molecule has 6 heteroatoms. The van der Waals surface area contributed by atoms with E-state index in [2.05, 4.69) is 9.80 Å². The maximum atomic E-state index is 12.5. The van der Waals surface area contributed by atoms with Gasteiger partial charge in [0, 0.05) is 31.9 Å². The minimum atomic E-state index is -4.26. The number of rotatable bonds is 5. The average Bonchev–Trinajstić information content (AvgIpc) is 2.48. The van der Waals surface area contributed by atoms with Gasteiger partial charge in [-0.25, -0.2) is 0 Å². The van der Waals surface area contributed by atoms with Crippen molar-refractivity contribution in [3.8, 4) is 0 Å². The predicted molar refractivity (Wildman–Crippen MR) is 78.4 cm³/mol. The maximum absolute atomic E-state index is 12.5. The Morgan fingerprint density at radius 1 is 0.952 bits per heavy atom. The van der Waals surface area contributed by atoms with Crippen LogP contribution >= 0.6 is 0 Å². The van der Waals surface area contributed by atoms with Crippen molar-refractivity contribution < 1.29 is 13.2 Å². The van der Waals surface area contributed by atoms with Crippen molar-refractivity contribution in [1.29, 1.82) is 0 Å².